The van der Waals surface area contributed by atoms with Gasteiger partial charge in [-0.05, 0) is 27.7 Å². The molecule has 2 N–H and O–H groups in total. The van der Waals surface area contributed by atoms with E-state index in [1.165, 1.54) is 9.80 Å². The van der Waals surface area contributed by atoms with Crippen molar-refractivity contribution in [1.82, 2.24) is 19.6 Å². The van der Waals surface area contributed by atoms with Crippen LogP contribution in [0.1, 0.15) is 34.1 Å². The Bertz CT molecular complexity index is 960. The van der Waals surface area contributed by atoms with E-state index in [9.17, 15) is 29.1 Å². The number of nitrogens with zero attached hydrogens (tertiary/aromatic N) is 4. The van der Waals surface area contributed by atoms with Crippen molar-refractivity contribution in [3.63, 3.8) is 0 Å². The lowest BCUT2D eigenvalue weighted by Crippen LogP contribution is -2.48. The quantitative estimate of drug-likeness (QED) is 0.188. The highest BCUT2D eigenvalue weighted by Crippen LogP contribution is 2.34. The number of carbonyl (C=O) groups is 5. The van der Waals surface area contributed by atoms with Gasteiger partial charge in [0.1, 0.15) is 11.1 Å². The van der Waals surface area contributed by atoms with Gasteiger partial charge in [0.25, 0.3) is 11.8 Å². The van der Waals surface area contributed by atoms with E-state index in [2.05, 4.69) is 0 Å². The molecule has 6 amide bonds. The van der Waals surface area contributed by atoms with Crippen molar-refractivity contribution in [3.05, 3.63) is 0 Å². The Labute approximate surface area is 207 Å². The lowest BCUT2D eigenvalue weighted by atomic mass is 10.0. The maximum Gasteiger partial charge on any atom is 0.339 e. The summed E-state index contributed by atoms with van der Waals surface area (Å²) in [5.74, 6) is -2.39. The molecule has 4 aliphatic heterocycles. The highest BCUT2D eigenvalue weighted by atomic mass is 16.6. The maximum atomic E-state index is 13.3. The molecule has 0 aromatic rings. The number of ether oxygens (including phenoxy) is 3. The van der Waals surface area contributed by atoms with Crippen LogP contribution in [0.4, 0.5) is 9.59 Å². The number of rotatable bonds is 11. The number of aliphatic hydroxyl groups excluding tert-OH is 2. The van der Waals surface area contributed by atoms with E-state index in [0.717, 1.165) is 9.80 Å². The van der Waals surface area contributed by atoms with Gasteiger partial charge in [-0.3, -0.25) is 14.5 Å². The third-order valence-electron chi connectivity index (χ3n) is 6.92. The van der Waals surface area contributed by atoms with Gasteiger partial charge in [-0.25, -0.2) is 19.3 Å². The van der Waals surface area contributed by atoms with Gasteiger partial charge in [0, 0.05) is 13.0 Å². The molecule has 4 atom stereocenters. The summed E-state index contributed by atoms with van der Waals surface area (Å²) >= 11 is 0. The number of epoxide rings is 2. The molecule has 4 unspecified atom stereocenters. The molecule has 200 valence electrons. The first-order chi connectivity index (χ1) is 16.8. The molecule has 0 radical (unpaired) electrons. The lowest BCUT2D eigenvalue weighted by Gasteiger charge is -2.28. The minimum Gasteiger partial charge on any atom is -0.439 e. The average molecular weight is 513 g/mol. The molecule has 0 aliphatic carbocycles. The molecule has 4 rings (SSSR count). The van der Waals surface area contributed by atoms with Crippen LogP contribution >= 0.6 is 0 Å². The minimum atomic E-state index is -1.90. The van der Waals surface area contributed by atoms with Gasteiger partial charge < -0.3 is 34.2 Å². The molecular weight excluding hydrogens is 480 g/mol. The van der Waals surface area contributed by atoms with Gasteiger partial charge in [0.15, 0.2) is 12.3 Å². The van der Waals surface area contributed by atoms with Crippen LogP contribution in [-0.2, 0) is 28.6 Å². The van der Waals surface area contributed by atoms with Crippen LogP contribution in [0.15, 0.2) is 0 Å². The fourth-order valence-electron chi connectivity index (χ4n) is 4.37. The Balaban J connectivity index is 1.54. The number of carbonyl (C=O) groups excluding carboxylic acids is 5. The van der Waals surface area contributed by atoms with Gasteiger partial charge in [-0.15, -0.1) is 0 Å². The number of aliphatic hydroxyl groups is 2. The van der Waals surface area contributed by atoms with E-state index < -0.39 is 59.9 Å². The van der Waals surface area contributed by atoms with Crippen LogP contribution in [0, 0.1) is 0 Å². The first kappa shape index (κ1) is 26.3. The second kappa shape index (κ2) is 9.25. The highest BCUT2D eigenvalue weighted by Gasteiger charge is 2.57. The number of hydrogen-bond donors (Lipinski definition) is 2. The van der Waals surface area contributed by atoms with E-state index in [1.54, 1.807) is 27.7 Å². The molecule has 14 nitrogen and oxygen atoms in total. The fourth-order valence-corrected chi connectivity index (χ4v) is 4.37. The van der Waals surface area contributed by atoms with Crippen molar-refractivity contribution in [2.45, 2.75) is 69.7 Å². The Morgan fingerprint density at radius 3 is 1.97 bits per heavy atom. The van der Waals surface area contributed by atoms with Crippen LogP contribution in [0.25, 0.3) is 0 Å². The van der Waals surface area contributed by atoms with Crippen molar-refractivity contribution in [3.8, 4) is 0 Å². The van der Waals surface area contributed by atoms with Crippen molar-refractivity contribution < 1.29 is 48.4 Å². The SMILES string of the molecule is CC1(C)C(=O)N(CCC(OC(=O)C(O)CO)N2C(=O)N(CC3CO3)C(C)(C)C2=O)C(=O)N1CC1CO1. The van der Waals surface area contributed by atoms with Crippen LogP contribution < -0.4 is 0 Å². The van der Waals surface area contributed by atoms with E-state index in [4.69, 9.17) is 19.3 Å². The Kier molecular flexibility index (Phi) is 6.75. The number of amides is 6. The zero-order valence-corrected chi connectivity index (χ0v) is 20.7. The highest BCUT2D eigenvalue weighted by molar-refractivity contribution is 6.07. The molecule has 14 heteroatoms. The van der Waals surface area contributed by atoms with Gasteiger partial charge in [0.2, 0.25) is 0 Å². The van der Waals surface area contributed by atoms with Crippen molar-refractivity contribution in [2.75, 3.05) is 39.5 Å². The molecule has 4 heterocycles. The normalized spacial score (nSPS) is 28.2. The monoisotopic (exact) mass is 512 g/mol. The predicted octanol–water partition coefficient (Wildman–Crippen LogP) is -1.52. The van der Waals surface area contributed by atoms with E-state index in [0.29, 0.717) is 13.2 Å². The molecule has 0 spiro atoms. The zero-order chi connectivity index (χ0) is 26.6. The van der Waals surface area contributed by atoms with E-state index in [-0.39, 0.29) is 38.3 Å². The van der Waals surface area contributed by atoms with E-state index >= 15 is 0 Å². The van der Waals surface area contributed by atoms with Crippen LogP contribution in [0.2, 0.25) is 0 Å². The summed E-state index contributed by atoms with van der Waals surface area (Å²) in [5.41, 5.74) is -2.41. The smallest absolute Gasteiger partial charge is 0.339 e. The average Bonchev–Trinajstić information content (AvgIpc) is 3.73. The van der Waals surface area contributed by atoms with Crippen molar-refractivity contribution in [1.29, 1.82) is 0 Å². The molecule has 0 saturated carbocycles. The number of hydrogen-bond acceptors (Lipinski definition) is 10. The van der Waals surface area contributed by atoms with Crippen molar-refractivity contribution in [2.24, 2.45) is 0 Å². The molecule has 4 fully saturated rings. The topological polar surface area (TPSA) is 173 Å². The summed E-state index contributed by atoms with van der Waals surface area (Å²) in [6.07, 6.45) is -4.06. The standard InChI is InChI=1S/C22H32N4O10/c1-21(2)17(30)23(19(32)24(21)7-12-10-34-12)6-5-15(36-16(29)14(28)9-27)26-18(31)22(3,4)25(20(26)33)8-13-11-35-13/h12-15,27-28H,5-11H2,1-4H3. The molecule has 0 bridgehead atoms. The Hall–Kier alpha value is -2.81. The predicted molar refractivity (Wildman–Crippen MR) is 118 cm³/mol. The number of imide groups is 2. The van der Waals surface area contributed by atoms with Gasteiger partial charge in [-0.1, -0.05) is 0 Å². The van der Waals surface area contributed by atoms with Gasteiger partial charge >= 0.3 is 18.0 Å². The van der Waals surface area contributed by atoms with E-state index in [1.807, 2.05) is 0 Å². The largest absolute Gasteiger partial charge is 0.439 e. The first-order valence-corrected chi connectivity index (χ1v) is 11.8. The summed E-state index contributed by atoms with van der Waals surface area (Å²) in [5, 5.41) is 18.8. The van der Waals surface area contributed by atoms with Crippen LogP contribution in [-0.4, -0.2) is 135 Å². The zero-order valence-electron chi connectivity index (χ0n) is 20.7. The van der Waals surface area contributed by atoms with Gasteiger partial charge in [-0.2, -0.15) is 0 Å². The molecular formula is C22H32N4O10. The number of urea groups is 2. The second-order valence-corrected chi connectivity index (χ2v) is 10.3. The minimum absolute atomic E-state index is 0.141. The first-order valence-electron chi connectivity index (χ1n) is 11.8. The molecule has 0 aromatic carbocycles. The summed E-state index contributed by atoms with van der Waals surface area (Å²) in [7, 11) is 0. The van der Waals surface area contributed by atoms with Gasteiger partial charge in [0.05, 0.1) is 45.1 Å². The molecule has 0 aromatic heterocycles. The third-order valence-corrected chi connectivity index (χ3v) is 6.92. The van der Waals surface area contributed by atoms with Crippen molar-refractivity contribution >= 4 is 29.8 Å². The van der Waals surface area contributed by atoms with Crippen LogP contribution in [0.3, 0.4) is 0 Å². The summed E-state index contributed by atoms with van der Waals surface area (Å²) in [4.78, 5) is 69.4. The molecule has 36 heavy (non-hydrogen) atoms. The molecule has 4 aliphatic rings. The summed E-state index contributed by atoms with van der Waals surface area (Å²) in [6.45, 7) is 6.46. The maximum absolute atomic E-state index is 13.3. The summed E-state index contributed by atoms with van der Waals surface area (Å²) in [6, 6.07) is -1.29. The Morgan fingerprint density at radius 2 is 1.47 bits per heavy atom. The lowest BCUT2D eigenvalue weighted by molar-refractivity contribution is -0.171. The summed E-state index contributed by atoms with van der Waals surface area (Å²) < 4.78 is 15.6. The number of esters is 1. The Morgan fingerprint density at radius 1 is 0.972 bits per heavy atom. The second-order valence-electron chi connectivity index (χ2n) is 10.3. The third kappa shape index (κ3) is 4.65. The van der Waals surface area contributed by atoms with Crippen LogP contribution in [0.5, 0.6) is 0 Å². The fraction of sp³-hybridized carbons (Fsp3) is 0.773. The molecule has 4 saturated heterocycles.